The molecule has 3 heterocycles. The van der Waals surface area contributed by atoms with E-state index in [1.807, 2.05) is 51.1 Å². The van der Waals surface area contributed by atoms with Crippen LogP contribution in [-0.4, -0.2) is 54.6 Å². The van der Waals surface area contributed by atoms with Crippen molar-refractivity contribution in [1.82, 2.24) is 14.1 Å². The van der Waals surface area contributed by atoms with Crippen LogP contribution in [0.2, 0.25) is 0 Å². The number of ether oxygens (including phenoxy) is 2. The SMILES string of the molecule is CC(C)(C)c1nn(Cc2ccccc2)cc1S(=O)(=O)N1CCC2(CC1)OCCO2. The van der Waals surface area contributed by atoms with E-state index in [1.165, 1.54) is 0 Å². The van der Waals surface area contributed by atoms with Crippen LogP contribution in [0.1, 0.15) is 44.9 Å². The Bertz CT molecular complexity index is 948. The van der Waals surface area contributed by atoms with Crippen molar-refractivity contribution in [3.8, 4) is 0 Å². The molecule has 0 amide bonds. The lowest BCUT2D eigenvalue weighted by Gasteiger charge is -2.37. The van der Waals surface area contributed by atoms with Gasteiger partial charge in [0.05, 0.1) is 25.5 Å². The third-order valence-electron chi connectivity index (χ3n) is 5.54. The number of hydrogen-bond acceptors (Lipinski definition) is 5. The largest absolute Gasteiger partial charge is 0.347 e. The summed E-state index contributed by atoms with van der Waals surface area (Å²) in [6.07, 6.45) is 2.78. The van der Waals surface area contributed by atoms with E-state index in [0.717, 1.165) is 5.56 Å². The van der Waals surface area contributed by atoms with Gasteiger partial charge in [0.1, 0.15) is 4.90 Å². The van der Waals surface area contributed by atoms with Gasteiger partial charge in [-0.05, 0) is 5.56 Å². The molecule has 2 aromatic rings. The average molecular weight is 420 g/mol. The van der Waals surface area contributed by atoms with Gasteiger partial charge in [0.15, 0.2) is 5.79 Å². The second kappa shape index (κ2) is 7.50. The summed E-state index contributed by atoms with van der Waals surface area (Å²) in [7, 11) is -3.65. The average Bonchev–Trinajstić information content (AvgIpc) is 3.31. The highest BCUT2D eigenvalue weighted by molar-refractivity contribution is 7.89. The Balaban J connectivity index is 1.62. The minimum Gasteiger partial charge on any atom is -0.347 e. The molecular weight excluding hydrogens is 390 g/mol. The molecule has 4 rings (SSSR count). The second-order valence-corrected chi connectivity index (χ2v) is 10.7. The Labute approximate surface area is 172 Å². The predicted octanol–water partition coefficient (Wildman–Crippen LogP) is 2.76. The van der Waals surface area contributed by atoms with Crippen LogP contribution in [0.3, 0.4) is 0 Å². The maximum Gasteiger partial charge on any atom is 0.246 e. The van der Waals surface area contributed by atoms with Crippen molar-refractivity contribution in [2.75, 3.05) is 26.3 Å². The second-order valence-electron chi connectivity index (χ2n) is 8.79. The molecule has 0 N–H and O–H groups in total. The minimum atomic E-state index is -3.65. The van der Waals surface area contributed by atoms with E-state index in [2.05, 4.69) is 5.10 Å². The van der Waals surface area contributed by atoms with E-state index >= 15 is 0 Å². The number of aromatic nitrogens is 2. The molecule has 0 unspecified atom stereocenters. The van der Waals surface area contributed by atoms with Crippen molar-refractivity contribution >= 4 is 10.0 Å². The fraction of sp³-hybridized carbons (Fsp3) is 0.571. The maximum atomic E-state index is 13.5. The molecule has 2 saturated heterocycles. The molecule has 0 atom stereocenters. The fourth-order valence-corrected chi connectivity index (χ4v) is 5.74. The summed E-state index contributed by atoms with van der Waals surface area (Å²) < 4.78 is 41.8. The molecule has 0 aliphatic carbocycles. The highest BCUT2D eigenvalue weighted by atomic mass is 32.2. The number of benzene rings is 1. The molecule has 1 spiro atoms. The van der Waals surface area contributed by atoms with E-state index in [-0.39, 0.29) is 5.41 Å². The van der Waals surface area contributed by atoms with Gasteiger partial charge in [-0.15, -0.1) is 0 Å². The predicted molar refractivity (Wildman–Crippen MR) is 109 cm³/mol. The molecule has 2 aliphatic heterocycles. The number of rotatable bonds is 4. The summed E-state index contributed by atoms with van der Waals surface area (Å²) in [5, 5.41) is 4.67. The molecule has 158 valence electrons. The Morgan fingerprint density at radius 3 is 2.28 bits per heavy atom. The van der Waals surface area contributed by atoms with Crippen LogP contribution in [0.15, 0.2) is 41.4 Å². The molecular formula is C21H29N3O4S. The van der Waals surface area contributed by atoms with Gasteiger partial charge in [-0.3, -0.25) is 4.68 Å². The number of sulfonamides is 1. The molecule has 0 radical (unpaired) electrons. The summed E-state index contributed by atoms with van der Waals surface area (Å²) in [5.74, 6) is -0.601. The van der Waals surface area contributed by atoms with E-state index in [1.54, 1.807) is 15.2 Å². The molecule has 2 aliphatic rings. The summed E-state index contributed by atoms with van der Waals surface area (Å²) in [6.45, 7) is 8.43. The molecule has 0 saturated carbocycles. The standard InChI is InChI=1S/C21H29N3O4S/c1-20(2,3)19-18(16-23(22-19)15-17-7-5-4-6-8-17)29(25,26)24-11-9-21(10-12-24)27-13-14-28-21/h4-8,16H,9-15H2,1-3H3. The first-order valence-electron chi connectivity index (χ1n) is 10.1. The molecule has 7 nitrogen and oxygen atoms in total. The first-order chi connectivity index (χ1) is 13.7. The van der Waals surface area contributed by atoms with Crippen LogP contribution < -0.4 is 0 Å². The van der Waals surface area contributed by atoms with Gasteiger partial charge in [0.25, 0.3) is 0 Å². The monoisotopic (exact) mass is 419 g/mol. The van der Waals surface area contributed by atoms with Crippen LogP contribution in [0.25, 0.3) is 0 Å². The fourth-order valence-electron chi connectivity index (χ4n) is 3.95. The Kier molecular flexibility index (Phi) is 5.31. The lowest BCUT2D eigenvalue weighted by molar-refractivity contribution is -0.179. The van der Waals surface area contributed by atoms with Gasteiger partial charge < -0.3 is 9.47 Å². The molecule has 0 bridgehead atoms. The normalized spacial score (nSPS) is 20.4. The first-order valence-corrected chi connectivity index (χ1v) is 11.5. The molecule has 1 aromatic carbocycles. The van der Waals surface area contributed by atoms with Crippen molar-refractivity contribution in [3.63, 3.8) is 0 Å². The molecule has 2 fully saturated rings. The molecule has 8 heteroatoms. The van der Waals surface area contributed by atoms with Crippen LogP contribution in [0, 0.1) is 0 Å². The summed E-state index contributed by atoms with van der Waals surface area (Å²) in [6, 6.07) is 9.93. The van der Waals surface area contributed by atoms with Crippen LogP contribution in [0.5, 0.6) is 0 Å². The molecule has 29 heavy (non-hydrogen) atoms. The zero-order valence-electron chi connectivity index (χ0n) is 17.3. The van der Waals surface area contributed by atoms with Gasteiger partial charge in [-0.2, -0.15) is 9.40 Å². The third-order valence-corrected chi connectivity index (χ3v) is 7.44. The van der Waals surface area contributed by atoms with Crippen molar-refractivity contribution in [2.45, 2.75) is 56.3 Å². The Morgan fingerprint density at radius 2 is 1.69 bits per heavy atom. The zero-order chi connectivity index (χ0) is 20.7. The quantitative estimate of drug-likeness (QED) is 0.762. The van der Waals surface area contributed by atoms with Crippen molar-refractivity contribution in [3.05, 3.63) is 47.8 Å². The summed E-state index contributed by atoms with van der Waals surface area (Å²) in [4.78, 5) is 0.296. The van der Waals surface area contributed by atoms with Gasteiger partial charge in [-0.25, -0.2) is 8.42 Å². The van der Waals surface area contributed by atoms with E-state index < -0.39 is 15.8 Å². The zero-order valence-corrected chi connectivity index (χ0v) is 18.1. The van der Waals surface area contributed by atoms with Crippen molar-refractivity contribution < 1.29 is 17.9 Å². The first kappa shape index (κ1) is 20.5. The lowest BCUT2D eigenvalue weighted by atomic mass is 9.92. The number of hydrogen-bond donors (Lipinski definition) is 0. The van der Waals surface area contributed by atoms with Gasteiger partial charge in [0, 0.05) is 37.5 Å². The third kappa shape index (κ3) is 4.12. The van der Waals surface area contributed by atoms with Gasteiger partial charge in [-0.1, -0.05) is 51.1 Å². The Morgan fingerprint density at radius 1 is 1.07 bits per heavy atom. The van der Waals surface area contributed by atoms with Gasteiger partial charge in [0.2, 0.25) is 10.0 Å². The highest BCUT2D eigenvalue weighted by Gasteiger charge is 2.44. The molecule has 1 aromatic heterocycles. The lowest BCUT2D eigenvalue weighted by Crippen LogP contribution is -2.47. The van der Waals surface area contributed by atoms with Crippen molar-refractivity contribution in [2.24, 2.45) is 0 Å². The van der Waals surface area contributed by atoms with Gasteiger partial charge >= 0.3 is 0 Å². The minimum absolute atomic E-state index is 0.296. The van der Waals surface area contributed by atoms with Crippen LogP contribution in [0.4, 0.5) is 0 Å². The van der Waals surface area contributed by atoms with Crippen molar-refractivity contribution in [1.29, 1.82) is 0 Å². The smallest absolute Gasteiger partial charge is 0.246 e. The van der Waals surface area contributed by atoms with E-state index in [4.69, 9.17) is 9.47 Å². The van der Waals surface area contributed by atoms with Crippen LogP contribution in [-0.2, 0) is 31.5 Å². The number of nitrogens with zero attached hydrogens (tertiary/aromatic N) is 3. The van der Waals surface area contributed by atoms with E-state index in [9.17, 15) is 8.42 Å². The highest BCUT2D eigenvalue weighted by Crippen LogP contribution is 2.35. The summed E-state index contributed by atoms with van der Waals surface area (Å²) >= 11 is 0. The van der Waals surface area contributed by atoms with Crippen LogP contribution >= 0.6 is 0 Å². The maximum absolute atomic E-state index is 13.5. The summed E-state index contributed by atoms with van der Waals surface area (Å²) in [5.41, 5.74) is 1.29. The number of piperidine rings is 1. The van der Waals surface area contributed by atoms with E-state index in [0.29, 0.717) is 56.3 Å². The topological polar surface area (TPSA) is 73.7 Å². The Hall–Kier alpha value is -1.74.